The normalized spacial score (nSPS) is 13.0. The lowest BCUT2D eigenvalue weighted by Gasteiger charge is -2.30. The Hall–Kier alpha value is -2.82. The van der Waals surface area contributed by atoms with Crippen LogP contribution in [0.2, 0.25) is 0 Å². The fraction of sp³-hybridized carbons (Fsp3) is 0.364. The van der Waals surface area contributed by atoms with E-state index in [1.54, 1.807) is 4.90 Å². The summed E-state index contributed by atoms with van der Waals surface area (Å²) in [5.74, 6) is 0.109. The van der Waals surface area contributed by atoms with Crippen molar-refractivity contribution in [1.82, 2.24) is 9.80 Å². The zero-order valence-corrected chi connectivity index (χ0v) is 15.9. The van der Waals surface area contributed by atoms with Crippen molar-refractivity contribution < 1.29 is 9.59 Å². The summed E-state index contributed by atoms with van der Waals surface area (Å²) in [7, 11) is 0. The minimum Gasteiger partial charge on any atom is -0.338 e. The van der Waals surface area contributed by atoms with Crippen LogP contribution in [-0.2, 0) is 17.8 Å². The fourth-order valence-corrected chi connectivity index (χ4v) is 3.41. The lowest BCUT2D eigenvalue weighted by atomic mass is 10.00. The topological polar surface area (TPSA) is 52.7 Å². The van der Waals surface area contributed by atoms with Gasteiger partial charge < -0.3 is 15.1 Å². The molecule has 0 saturated carbocycles. The molecule has 5 heteroatoms. The highest BCUT2D eigenvalue weighted by molar-refractivity contribution is 5.89. The molecule has 0 bridgehead atoms. The summed E-state index contributed by atoms with van der Waals surface area (Å²) in [6, 6.07) is 17.5. The van der Waals surface area contributed by atoms with Crippen LogP contribution in [0, 0.1) is 0 Å². The Morgan fingerprint density at radius 1 is 1.00 bits per heavy atom. The second kappa shape index (κ2) is 9.21. The summed E-state index contributed by atoms with van der Waals surface area (Å²) in [6.07, 6.45) is 2.10. The summed E-state index contributed by atoms with van der Waals surface area (Å²) in [6.45, 7) is 4.52. The van der Waals surface area contributed by atoms with Gasteiger partial charge in [-0.3, -0.25) is 4.79 Å². The van der Waals surface area contributed by atoms with E-state index >= 15 is 0 Å². The molecule has 0 aliphatic carbocycles. The molecule has 1 N–H and O–H groups in total. The van der Waals surface area contributed by atoms with Crippen LogP contribution in [-0.4, -0.2) is 41.4 Å². The minimum absolute atomic E-state index is 0.109. The van der Waals surface area contributed by atoms with Crippen LogP contribution < -0.4 is 5.32 Å². The molecular weight excluding hydrogens is 338 g/mol. The molecule has 0 atom stereocenters. The van der Waals surface area contributed by atoms with Crippen molar-refractivity contribution in [2.45, 2.75) is 32.7 Å². The molecule has 2 aromatic rings. The number of carbonyl (C=O) groups excluding carboxylic acids is 2. The highest BCUT2D eigenvalue weighted by atomic mass is 16.2. The maximum Gasteiger partial charge on any atom is 0.321 e. The Morgan fingerprint density at radius 2 is 1.70 bits per heavy atom. The van der Waals surface area contributed by atoms with Crippen LogP contribution in [0.3, 0.4) is 0 Å². The highest BCUT2D eigenvalue weighted by Gasteiger charge is 2.21. The summed E-state index contributed by atoms with van der Waals surface area (Å²) in [5.41, 5.74) is 3.32. The zero-order chi connectivity index (χ0) is 19.1. The monoisotopic (exact) mass is 365 g/mol. The van der Waals surface area contributed by atoms with E-state index in [1.165, 1.54) is 11.1 Å². The van der Waals surface area contributed by atoms with Crippen molar-refractivity contribution in [3.63, 3.8) is 0 Å². The van der Waals surface area contributed by atoms with Gasteiger partial charge in [-0.1, -0.05) is 49.4 Å². The number of nitrogens with zero attached hydrogens (tertiary/aromatic N) is 2. The van der Waals surface area contributed by atoms with Gasteiger partial charge in [0.05, 0.1) is 0 Å². The Bertz CT molecular complexity index is 776. The Morgan fingerprint density at radius 3 is 2.44 bits per heavy atom. The van der Waals surface area contributed by atoms with Gasteiger partial charge in [-0.25, -0.2) is 4.79 Å². The van der Waals surface area contributed by atoms with E-state index in [1.807, 2.05) is 54.3 Å². The summed E-state index contributed by atoms with van der Waals surface area (Å²) in [5, 5.41) is 2.91. The van der Waals surface area contributed by atoms with E-state index in [9.17, 15) is 9.59 Å². The van der Waals surface area contributed by atoms with Crippen LogP contribution in [0.1, 0.15) is 30.9 Å². The molecule has 142 valence electrons. The molecule has 1 heterocycles. The molecule has 0 spiro atoms. The van der Waals surface area contributed by atoms with Crippen LogP contribution in [0.5, 0.6) is 0 Å². The number of hydrogen-bond donors (Lipinski definition) is 1. The Balaban J connectivity index is 1.54. The largest absolute Gasteiger partial charge is 0.338 e. The van der Waals surface area contributed by atoms with E-state index < -0.39 is 0 Å². The van der Waals surface area contributed by atoms with Gasteiger partial charge in [-0.2, -0.15) is 0 Å². The number of fused-ring (bicyclic) bond motifs is 1. The zero-order valence-electron chi connectivity index (χ0n) is 15.9. The number of anilines is 1. The number of rotatable bonds is 6. The molecule has 1 aliphatic heterocycles. The SMILES string of the molecule is CCCN(CCC(=O)N1CCc2ccccc2C1)C(=O)Nc1ccccc1. The van der Waals surface area contributed by atoms with Crippen molar-refractivity contribution in [2.24, 2.45) is 0 Å². The molecule has 3 amide bonds. The Labute approximate surface area is 161 Å². The third kappa shape index (κ3) is 5.09. The van der Waals surface area contributed by atoms with Gasteiger partial charge in [0.2, 0.25) is 5.91 Å². The summed E-state index contributed by atoms with van der Waals surface area (Å²) in [4.78, 5) is 28.8. The van der Waals surface area contributed by atoms with E-state index in [0.29, 0.717) is 26.1 Å². The quantitative estimate of drug-likeness (QED) is 0.844. The standard InChI is InChI=1S/C22H27N3O2/c1-2-14-24(22(27)23-20-10-4-3-5-11-20)16-13-21(26)25-15-12-18-8-6-7-9-19(18)17-25/h3-11H,2,12-17H2,1H3,(H,23,27). The van der Waals surface area contributed by atoms with Crippen LogP contribution in [0.25, 0.3) is 0 Å². The highest BCUT2D eigenvalue weighted by Crippen LogP contribution is 2.19. The number of benzene rings is 2. The minimum atomic E-state index is -0.153. The predicted molar refractivity (Wildman–Crippen MR) is 108 cm³/mol. The summed E-state index contributed by atoms with van der Waals surface area (Å²) < 4.78 is 0. The third-order valence-corrected chi connectivity index (χ3v) is 4.88. The summed E-state index contributed by atoms with van der Waals surface area (Å²) >= 11 is 0. The molecule has 5 nitrogen and oxygen atoms in total. The molecule has 0 fully saturated rings. The van der Waals surface area contributed by atoms with E-state index in [0.717, 1.165) is 25.1 Å². The second-order valence-electron chi connectivity index (χ2n) is 6.87. The molecule has 0 unspecified atom stereocenters. The molecule has 0 radical (unpaired) electrons. The van der Waals surface area contributed by atoms with Gasteiger partial charge in [-0.05, 0) is 36.1 Å². The average molecular weight is 365 g/mol. The van der Waals surface area contributed by atoms with E-state index in [2.05, 4.69) is 17.4 Å². The first-order valence-electron chi connectivity index (χ1n) is 9.63. The van der Waals surface area contributed by atoms with Gasteiger partial charge in [0.1, 0.15) is 0 Å². The van der Waals surface area contributed by atoms with Crippen molar-refractivity contribution in [2.75, 3.05) is 25.0 Å². The first kappa shape index (κ1) is 19.0. The average Bonchev–Trinajstić information content (AvgIpc) is 2.71. The smallest absolute Gasteiger partial charge is 0.321 e. The lowest BCUT2D eigenvalue weighted by Crippen LogP contribution is -2.41. The van der Waals surface area contributed by atoms with Crippen molar-refractivity contribution in [3.05, 3.63) is 65.7 Å². The maximum atomic E-state index is 12.7. The molecule has 3 rings (SSSR count). The van der Waals surface area contributed by atoms with Crippen molar-refractivity contribution in [3.8, 4) is 0 Å². The van der Waals surface area contributed by atoms with Crippen LogP contribution >= 0.6 is 0 Å². The number of amides is 3. The lowest BCUT2D eigenvalue weighted by molar-refractivity contribution is -0.132. The first-order chi connectivity index (χ1) is 13.2. The Kier molecular flexibility index (Phi) is 6.47. The van der Waals surface area contributed by atoms with Crippen LogP contribution in [0.4, 0.5) is 10.5 Å². The predicted octanol–water partition coefficient (Wildman–Crippen LogP) is 3.91. The molecule has 1 aliphatic rings. The van der Waals surface area contributed by atoms with Gasteiger partial charge in [0, 0.05) is 38.3 Å². The number of para-hydroxylation sites is 1. The molecule has 0 aromatic heterocycles. The third-order valence-electron chi connectivity index (χ3n) is 4.88. The molecule has 2 aromatic carbocycles. The van der Waals surface area contributed by atoms with Gasteiger partial charge in [-0.15, -0.1) is 0 Å². The van der Waals surface area contributed by atoms with Gasteiger partial charge in [0.15, 0.2) is 0 Å². The number of nitrogens with one attached hydrogen (secondary N) is 1. The van der Waals surface area contributed by atoms with Gasteiger partial charge in [0.25, 0.3) is 0 Å². The van der Waals surface area contributed by atoms with Crippen molar-refractivity contribution in [1.29, 1.82) is 0 Å². The maximum absolute atomic E-state index is 12.7. The number of urea groups is 1. The first-order valence-corrected chi connectivity index (χ1v) is 9.63. The fourth-order valence-electron chi connectivity index (χ4n) is 3.41. The van der Waals surface area contributed by atoms with E-state index in [-0.39, 0.29) is 11.9 Å². The molecular formula is C22H27N3O2. The van der Waals surface area contributed by atoms with Crippen LogP contribution in [0.15, 0.2) is 54.6 Å². The molecule has 27 heavy (non-hydrogen) atoms. The van der Waals surface area contributed by atoms with Gasteiger partial charge >= 0.3 is 6.03 Å². The van der Waals surface area contributed by atoms with E-state index in [4.69, 9.17) is 0 Å². The van der Waals surface area contributed by atoms with Crippen molar-refractivity contribution >= 4 is 17.6 Å². The number of carbonyl (C=O) groups is 2. The second-order valence-corrected chi connectivity index (χ2v) is 6.87. The number of hydrogen-bond acceptors (Lipinski definition) is 2. The molecule has 0 saturated heterocycles.